The average Bonchev–Trinajstić information content (AvgIpc) is 3.26. The standard InChI is InChI=1S/C21H26N6/c1-2-5-17(6-3-1)18-7-9-19(10-8-18)20-15-24-26-21(25-20)23-11-4-13-27-14-12-22-16-27/h7-10,12,14-17H,1-6,11,13H2,(H,23,25,26). The lowest BCUT2D eigenvalue weighted by Gasteiger charge is -2.22. The molecule has 6 heteroatoms. The molecule has 2 aromatic heterocycles. The third-order valence-electron chi connectivity index (χ3n) is 5.28. The van der Waals surface area contributed by atoms with Crippen LogP contribution in [0.5, 0.6) is 0 Å². The summed E-state index contributed by atoms with van der Waals surface area (Å²) in [6.07, 6.45) is 15.0. The van der Waals surface area contributed by atoms with Crippen molar-refractivity contribution >= 4 is 5.95 Å². The van der Waals surface area contributed by atoms with Crippen molar-refractivity contribution in [3.05, 3.63) is 54.7 Å². The van der Waals surface area contributed by atoms with Crippen molar-refractivity contribution in [3.8, 4) is 11.3 Å². The summed E-state index contributed by atoms with van der Waals surface area (Å²) in [5, 5.41) is 11.5. The van der Waals surface area contributed by atoms with Crippen LogP contribution in [0, 0.1) is 0 Å². The second-order valence-corrected chi connectivity index (χ2v) is 7.20. The van der Waals surface area contributed by atoms with Gasteiger partial charge in [-0.25, -0.2) is 9.97 Å². The summed E-state index contributed by atoms with van der Waals surface area (Å²) < 4.78 is 2.06. The molecule has 0 bridgehead atoms. The quantitative estimate of drug-likeness (QED) is 0.635. The maximum absolute atomic E-state index is 4.62. The summed E-state index contributed by atoms with van der Waals surface area (Å²) in [4.78, 5) is 8.66. The summed E-state index contributed by atoms with van der Waals surface area (Å²) in [5.74, 6) is 1.30. The molecule has 1 fully saturated rings. The van der Waals surface area contributed by atoms with Gasteiger partial charge in [0.1, 0.15) is 0 Å². The van der Waals surface area contributed by atoms with Crippen LogP contribution in [-0.4, -0.2) is 31.3 Å². The first kappa shape index (κ1) is 17.6. The molecule has 2 heterocycles. The van der Waals surface area contributed by atoms with E-state index >= 15 is 0 Å². The average molecular weight is 362 g/mol. The Balaban J connectivity index is 1.35. The highest BCUT2D eigenvalue weighted by Gasteiger charge is 2.15. The normalized spacial score (nSPS) is 15.0. The number of hydrogen-bond donors (Lipinski definition) is 1. The van der Waals surface area contributed by atoms with Crippen LogP contribution in [0.1, 0.15) is 50.0 Å². The number of aromatic nitrogens is 5. The lowest BCUT2D eigenvalue weighted by Crippen LogP contribution is -2.09. The van der Waals surface area contributed by atoms with Crippen molar-refractivity contribution in [2.24, 2.45) is 0 Å². The Kier molecular flexibility index (Phi) is 5.72. The molecule has 0 saturated heterocycles. The summed E-state index contributed by atoms with van der Waals surface area (Å²) in [6, 6.07) is 8.84. The van der Waals surface area contributed by atoms with E-state index < -0.39 is 0 Å². The number of imidazole rings is 1. The van der Waals surface area contributed by atoms with Crippen LogP contribution in [0.4, 0.5) is 5.95 Å². The Morgan fingerprint density at radius 1 is 1.07 bits per heavy atom. The van der Waals surface area contributed by atoms with Gasteiger partial charge in [-0.2, -0.15) is 5.10 Å². The van der Waals surface area contributed by atoms with Gasteiger partial charge in [-0.1, -0.05) is 43.5 Å². The van der Waals surface area contributed by atoms with E-state index in [2.05, 4.69) is 54.3 Å². The highest BCUT2D eigenvalue weighted by molar-refractivity contribution is 5.59. The predicted molar refractivity (Wildman–Crippen MR) is 106 cm³/mol. The van der Waals surface area contributed by atoms with E-state index in [0.29, 0.717) is 5.95 Å². The smallest absolute Gasteiger partial charge is 0.243 e. The van der Waals surface area contributed by atoms with Gasteiger partial charge in [-0.05, 0) is 30.7 Å². The Morgan fingerprint density at radius 2 is 1.93 bits per heavy atom. The fraction of sp³-hybridized carbons (Fsp3) is 0.429. The Bertz CT molecular complexity index is 822. The molecule has 140 valence electrons. The first-order valence-electron chi connectivity index (χ1n) is 9.88. The zero-order valence-corrected chi connectivity index (χ0v) is 15.6. The molecule has 1 aliphatic carbocycles. The van der Waals surface area contributed by atoms with Gasteiger partial charge in [0, 0.05) is 31.0 Å². The highest BCUT2D eigenvalue weighted by Crippen LogP contribution is 2.33. The number of nitrogens with zero attached hydrogens (tertiary/aromatic N) is 5. The SMILES string of the molecule is c1cn(CCCNc2nncc(-c3ccc(C4CCCCC4)cc3)n2)cn1. The largest absolute Gasteiger partial charge is 0.353 e. The zero-order valence-electron chi connectivity index (χ0n) is 15.6. The van der Waals surface area contributed by atoms with Crippen LogP contribution >= 0.6 is 0 Å². The number of nitrogens with one attached hydrogen (secondary N) is 1. The van der Waals surface area contributed by atoms with Gasteiger partial charge in [0.25, 0.3) is 0 Å². The third kappa shape index (κ3) is 4.70. The highest BCUT2D eigenvalue weighted by atomic mass is 15.2. The molecule has 4 rings (SSSR count). The van der Waals surface area contributed by atoms with Crippen molar-refractivity contribution in [2.45, 2.75) is 51.0 Å². The lowest BCUT2D eigenvalue weighted by atomic mass is 9.84. The summed E-state index contributed by atoms with van der Waals surface area (Å²) in [5.41, 5.74) is 3.40. The van der Waals surface area contributed by atoms with Crippen molar-refractivity contribution in [3.63, 3.8) is 0 Å². The van der Waals surface area contributed by atoms with Gasteiger partial charge >= 0.3 is 0 Å². The Hall–Kier alpha value is -2.76. The predicted octanol–water partition coefficient (Wildman–Crippen LogP) is 4.29. The Labute approximate surface area is 160 Å². The van der Waals surface area contributed by atoms with E-state index in [1.807, 2.05) is 12.5 Å². The summed E-state index contributed by atoms with van der Waals surface area (Å²) in [6.45, 7) is 1.71. The van der Waals surface area contributed by atoms with Crippen molar-refractivity contribution in [2.75, 3.05) is 11.9 Å². The molecule has 1 saturated carbocycles. The minimum atomic E-state index is 0.578. The third-order valence-corrected chi connectivity index (χ3v) is 5.28. The van der Waals surface area contributed by atoms with Crippen LogP contribution in [0.3, 0.4) is 0 Å². The van der Waals surface area contributed by atoms with Gasteiger partial charge in [-0.15, -0.1) is 5.10 Å². The minimum absolute atomic E-state index is 0.578. The number of rotatable bonds is 7. The van der Waals surface area contributed by atoms with Gasteiger partial charge in [-0.3, -0.25) is 0 Å². The van der Waals surface area contributed by atoms with E-state index in [9.17, 15) is 0 Å². The molecule has 1 N–H and O–H groups in total. The topological polar surface area (TPSA) is 68.5 Å². The van der Waals surface area contributed by atoms with E-state index in [4.69, 9.17) is 0 Å². The van der Waals surface area contributed by atoms with Gasteiger partial charge in [0.2, 0.25) is 5.95 Å². The van der Waals surface area contributed by atoms with E-state index in [1.54, 1.807) is 12.4 Å². The lowest BCUT2D eigenvalue weighted by molar-refractivity contribution is 0.443. The second kappa shape index (κ2) is 8.75. The van der Waals surface area contributed by atoms with Crippen molar-refractivity contribution < 1.29 is 0 Å². The first-order valence-corrected chi connectivity index (χ1v) is 9.88. The van der Waals surface area contributed by atoms with Crippen LogP contribution in [-0.2, 0) is 6.54 Å². The second-order valence-electron chi connectivity index (χ2n) is 7.20. The fourth-order valence-corrected chi connectivity index (χ4v) is 3.76. The molecule has 6 nitrogen and oxygen atoms in total. The molecular formula is C21H26N6. The van der Waals surface area contributed by atoms with Crippen molar-refractivity contribution in [1.82, 2.24) is 24.7 Å². The molecule has 0 radical (unpaired) electrons. The van der Waals surface area contributed by atoms with Crippen molar-refractivity contribution in [1.29, 1.82) is 0 Å². The molecule has 0 amide bonds. The summed E-state index contributed by atoms with van der Waals surface area (Å²) in [7, 11) is 0. The van der Waals surface area contributed by atoms with Crippen LogP contribution in [0.25, 0.3) is 11.3 Å². The molecule has 3 aromatic rings. The summed E-state index contributed by atoms with van der Waals surface area (Å²) >= 11 is 0. The fourth-order valence-electron chi connectivity index (χ4n) is 3.76. The van der Waals surface area contributed by atoms with Crippen LogP contribution in [0.15, 0.2) is 49.2 Å². The number of aryl methyl sites for hydroxylation is 1. The van der Waals surface area contributed by atoms with Gasteiger partial charge in [0.05, 0.1) is 18.2 Å². The molecule has 27 heavy (non-hydrogen) atoms. The maximum Gasteiger partial charge on any atom is 0.243 e. The molecular weight excluding hydrogens is 336 g/mol. The maximum atomic E-state index is 4.62. The molecule has 0 aliphatic heterocycles. The molecule has 0 unspecified atom stereocenters. The number of benzene rings is 1. The van der Waals surface area contributed by atoms with E-state index in [0.717, 1.165) is 36.7 Å². The van der Waals surface area contributed by atoms with Crippen LogP contribution < -0.4 is 5.32 Å². The van der Waals surface area contributed by atoms with Gasteiger partial charge < -0.3 is 9.88 Å². The van der Waals surface area contributed by atoms with E-state index in [-0.39, 0.29) is 0 Å². The first-order chi connectivity index (χ1) is 13.4. The monoisotopic (exact) mass is 362 g/mol. The molecule has 1 aromatic carbocycles. The Morgan fingerprint density at radius 3 is 2.70 bits per heavy atom. The molecule has 0 atom stereocenters. The number of anilines is 1. The zero-order chi connectivity index (χ0) is 18.3. The van der Waals surface area contributed by atoms with Crippen LogP contribution in [0.2, 0.25) is 0 Å². The molecule has 1 aliphatic rings. The van der Waals surface area contributed by atoms with Gasteiger partial charge in [0.15, 0.2) is 0 Å². The van der Waals surface area contributed by atoms with E-state index in [1.165, 1.54) is 37.7 Å². The minimum Gasteiger partial charge on any atom is -0.353 e. The molecule has 0 spiro atoms. The number of hydrogen-bond acceptors (Lipinski definition) is 5.